The zero-order valence-corrected chi connectivity index (χ0v) is 21.4. The fourth-order valence-corrected chi connectivity index (χ4v) is 5.31. The van der Waals surface area contributed by atoms with Crippen LogP contribution in [0.25, 0.3) is 0 Å². The molecule has 0 unspecified atom stereocenters. The molecule has 2 aliphatic rings. The summed E-state index contributed by atoms with van der Waals surface area (Å²) >= 11 is 7.34. The Labute approximate surface area is 218 Å². The molecular weight excluding hydrogens is 498 g/mol. The van der Waals surface area contributed by atoms with Gasteiger partial charge in [0.2, 0.25) is 5.88 Å². The molecule has 8 nitrogen and oxygen atoms in total. The van der Waals surface area contributed by atoms with E-state index >= 15 is 0 Å². The molecule has 1 atom stereocenters. The maximum Gasteiger partial charge on any atom is 0.338 e. The van der Waals surface area contributed by atoms with Gasteiger partial charge in [-0.05, 0) is 43.3 Å². The minimum absolute atomic E-state index is 0.0805. The van der Waals surface area contributed by atoms with Crippen LogP contribution in [-0.4, -0.2) is 41.8 Å². The third kappa shape index (κ3) is 5.19. The molecule has 0 radical (unpaired) electrons. The van der Waals surface area contributed by atoms with Crippen LogP contribution < -0.4 is 5.73 Å². The van der Waals surface area contributed by atoms with Crippen molar-refractivity contribution in [2.24, 2.45) is 5.73 Å². The van der Waals surface area contributed by atoms with Crippen molar-refractivity contribution in [2.45, 2.75) is 30.8 Å². The van der Waals surface area contributed by atoms with Gasteiger partial charge in [0.1, 0.15) is 28.5 Å². The van der Waals surface area contributed by atoms with E-state index in [-0.39, 0.29) is 35.1 Å². The summed E-state index contributed by atoms with van der Waals surface area (Å²) in [6.45, 7) is 3.48. The highest BCUT2D eigenvalue weighted by Crippen LogP contribution is 2.41. The van der Waals surface area contributed by atoms with Gasteiger partial charge in [0, 0.05) is 30.2 Å². The first kappa shape index (κ1) is 25.6. The van der Waals surface area contributed by atoms with E-state index in [1.165, 1.54) is 11.8 Å². The van der Waals surface area contributed by atoms with Crippen molar-refractivity contribution in [1.82, 2.24) is 9.88 Å². The molecule has 1 aromatic heterocycles. The summed E-state index contributed by atoms with van der Waals surface area (Å²) in [5, 5.41) is 20.7. The summed E-state index contributed by atoms with van der Waals surface area (Å²) in [5.74, 6) is -1.03. The predicted molar refractivity (Wildman–Crippen MR) is 135 cm³/mol. The van der Waals surface area contributed by atoms with E-state index in [0.29, 0.717) is 21.2 Å². The molecule has 0 saturated heterocycles. The largest absolute Gasteiger partial charge is 0.463 e. The van der Waals surface area contributed by atoms with E-state index in [2.05, 4.69) is 17.0 Å². The van der Waals surface area contributed by atoms with Crippen molar-refractivity contribution in [3.05, 3.63) is 80.5 Å². The lowest BCUT2D eigenvalue weighted by molar-refractivity contribution is -0.139. The minimum Gasteiger partial charge on any atom is -0.463 e. The molecule has 0 saturated carbocycles. The van der Waals surface area contributed by atoms with Crippen molar-refractivity contribution in [1.29, 1.82) is 10.5 Å². The molecule has 2 aromatic rings. The highest BCUT2D eigenvalue weighted by molar-refractivity contribution is 7.99. The number of pyridine rings is 1. The highest BCUT2D eigenvalue weighted by atomic mass is 35.5. The zero-order chi connectivity index (χ0) is 25.8. The van der Waals surface area contributed by atoms with E-state index in [4.69, 9.17) is 31.8 Å². The lowest BCUT2D eigenvalue weighted by Crippen LogP contribution is -2.28. The number of allylic oxidation sites excluding steroid dienone is 1. The van der Waals surface area contributed by atoms with E-state index < -0.39 is 11.9 Å². The average Bonchev–Trinajstić information content (AvgIpc) is 2.87. The second-order valence-electron chi connectivity index (χ2n) is 8.37. The first-order valence-electron chi connectivity index (χ1n) is 11.3. The first-order chi connectivity index (χ1) is 17.4. The van der Waals surface area contributed by atoms with Gasteiger partial charge < -0.3 is 20.1 Å². The molecule has 3 heterocycles. The monoisotopic (exact) mass is 521 g/mol. The van der Waals surface area contributed by atoms with E-state index in [0.717, 1.165) is 30.8 Å². The maximum atomic E-state index is 13.1. The molecule has 36 heavy (non-hydrogen) atoms. The number of halogens is 1. The van der Waals surface area contributed by atoms with Crippen LogP contribution in [0, 0.1) is 22.7 Å². The Bertz CT molecular complexity index is 1340. The molecule has 0 amide bonds. The number of nitrogens with zero attached hydrogens (tertiary/aromatic N) is 4. The van der Waals surface area contributed by atoms with Gasteiger partial charge in [-0.3, -0.25) is 0 Å². The molecule has 0 aliphatic carbocycles. The maximum absolute atomic E-state index is 13.1. The second-order valence-corrected chi connectivity index (χ2v) is 9.77. The summed E-state index contributed by atoms with van der Waals surface area (Å²) in [5.41, 5.74) is 9.56. The van der Waals surface area contributed by atoms with Crippen LogP contribution in [0.15, 0.2) is 58.1 Å². The van der Waals surface area contributed by atoms with Crippen LogP contribution in [0.4, 0.5) is 0 Å². The fourth-order valence-electron chi connectivity index (χ4n) is 4.26. The molecule has 0 spiro atoms. The Balaban J connectivity index is 1.74. The number of hydrogen-bond donors (Lipinski definition) is 1. The number of nitriles is 2. The molecule has 1 aromatic carbocycles. The van der Waals surface area contributed by atoms with Gasteiger partial charge in [0.05, 0.1) is 29.4 Å². The Morgan fingerprint density at radius 2 is 2.08 bits per heavy atom. The third-order valence-corrected chi connectivity index (χ3v) is 7.23. The van der Waals surface area contributed by atoms with Gasteiger partial charge in [-0.25, -0.2) is 9.78 Å². The lowest BCUT2D eigenvalue weighted by Gasteiger charge is -2.28. The van der Waals surface area contributed by atoms with E-state index in [9.17, 15) is 15.3 Å². The van der Waals surface area contributed by atoms with Gasteiger partial charge in [-0.2, -0.15) is 10.5 Å². The molecule has 10 heteroatoms. The molecule has 2 aliphatic heterocycles. The normalized spacial score (nSPS) is 17.6. The molecule has 0 bridgehead atoms. The summed E-state index contributed by atoms with van der Waals surface area (Å²) in [4.78, 5) is 20.1. The van der Waals surface area contributed by atoms with Crippen molar-refractivity contribution in [3.8, 4) is 12.1 Å². The van der Waals surface area contributed by atoms with Gasteiger partial charge in [-0.15, -0.1) is 0 Å². The number of esters is 1. The fraction of sp³-hybridized carbons (Fsp3) is 0.308. The average molecular weight is 522 g/mol. The van der Waals surface area contributed by atoms with Crippen LogP contribution in [0.3, 0.4) is 0 Å². The summed E-state index contributed by atoms with van der Waals surface area (Å²) in [7, 11) is 2.03. The Morgan fingerprint density at radius 1 is 1.33 bits per heavy atom. The summed E-state index contributed by atoms with van der Waals surface area (Å²) < 4.78 is 11.2. The summed E-state index contributed by atoms with van der Waals surface area (Å²) in [6, 6.07) is 13.0. The van der Waals surface area contributed by atoms with Crippen LogP contribution in [0.5, 0.6) is 0 Å². The molecule has 4 rings (SSSR count). The number of fused-ring (bicyclic) bond motifs is 1. The third-order valence-electron chi connectivity index (χ3n) is 5.98. The first-order valence-corrected chi connectivity index (χ1v) is 12.7. The standard InChI is InChI=1S/C26H24ClN5O3S/c1-3-34-26(33)23-21(35-24(30)19(12-29)22(23)15-4-6-18(27)7-5-15)14-36-25-16(11-28)10-17-13-32(2)9-8-20(17)31-25/h4-7,10,22H,3,8-9,13-14,30H2,1-2H3/t22-/m1/s1. The Morgan fingerprint density at radius 3 is 2.75 bits per heavy atom. The van der Waals surface area contributed by atoms with Gasteiger partial charge in [-0.1, -0.05) is 35.5 Å². The van der Waals surface area contributed by atoms with Crippen molar-refractivity contribution >= 4 is 29.3 Å². The SMILES string of the molecule is CCOC(=O)C1=C(CSc2nc3c(cc2C#N)CN(C)CC3)OC(N)=C(C#N)[C@H]1c1ccc(Cl)cc1. The number of carbonyl (C=O) groups excluding carboxylic acids is 1. The number of likely N-dealkylation sites (N-methyl/N-ethyl adjacent to an activating group) is 1. The van der Waals surface area contributed by atoms with Crippen LogP contribution in [-0.2, 0) is 27.2 Å². The molecule has 184 valence electrons. The van der Waals surface area contributed by atoms with Crippen molar-refractivity contribution in [3.63, 3.8) is 0 Å². The number of benzene rings is 1. The zero-order valence-electron chi connectivity index (χ0n) is 19.9. The van der Waals surface area contributed by atoms with Gasteiger partial charge >= 0.3 is 5.97 Å². The summed E-state index contributed by atoms with van der Waals surface area (Å²) in [6.07, 6.45) is 0.790. The lowest BCUT2D eigenvalue weighted by atomic mass is 9.83. The topological polar surface area (TPSA) is 125 Å². The highest BCUT2D eigenvalue weighted by Gasteiger charge is 2.37. The number of thioether (sulfide) groups is 1. The second kappa shape index (κ2) is 11.0. The van der Waals surface area contributed by atoms with Gasteiger partial charge in [0.25, 0.3) is 0 Å². The number of rotatable bonds is 6. The number of carbonyl (C=O) groups is 1. The van der Waals surface area contributed by atoms with Crippen molar-refractivity contribution < 1.29 is 14.3 Å². The number of nitrogens with two attached hydrogens (primary N) is 1. The van der Waals surface area contributed by atoms with Crippen molar-refractivity contribution in [2.75, 3.05) is 26.0 Å². The smallest absolute Gasteiger partial charge is 0.338 e. The number of hydrogen-bond acceptors (Lipinski definition) is 9. The van der Waals surface area contributed by atoms with Crippen LogP contribution in [0.2, 0.25) is 5.02 Å². The molecular formula is C26H24ClN5O3S. The molecule has 2 N–H and O–H groups in total. The molecule has 0 fully saturated rings. The quantitative estimate of drug-likeness (QED) is 0.443. The predicted octanol–water partition coefficient (Wildman–Crippen LogP) is 4.01. The van der Waals surface area contributed by atoms with Crippen LogP contribution >= 0.6 is 23.4 Å². The Hall–Kier alpha value is -3.50. The number of aromatic nitrogens is 1. The van der Waals surface area contributed by atoms with E-state index in [1.54, 1.807) is 31.2 Å². The Kier molecular flexibility index (Phi) is 7.85. The minimum atomic E-state index is -0.780. The van der Waals surface area contributed by atoms with Gasteiger partial charge in [0.15, 0.2) is 0 Å². The van der Waals surface area contributed by atoms with E-state index in [1.807, 2.05) is 13.1 Å². The number of ether oxygens (including phenoxy) is 2. The van der Waals surface area contributed by atoms with Crippen LogP contribution in [0.1, 0.15) is 35.2 Å².